The smallest absolute Gasteiger partial charge is 0.289 e. The molecule has 0 aliphatic heterocycles. The van der Waals surface area contributed by atoms with Gasteiger partial charge in [-0.05, 0) is 29.8 Å². The molecule has 0 aliphatic rings. The van der Waals surface area contributed by atoms with Crippen molar-refractivity contribution in [2.24, 2.45) is 5.10 Å². The van der Waals surface area contributed by atoms with Gasteiger partial charge in [0.05, 0.1) is 6.21 Å². The van der Waals surface area contributed by atoms with Crippen molar-refractivity contribution in [2.75, 3.05) is 19.0 Å². The van der Waals surface area contributed by atoms with E-state index in [0.29, 0.717) is 5.69 Å². The Kier molecular flexibility index (Phi) is 4.44. The second kappa shape index (κ2) is 6.47. The summed E-state index contributed by atoms with van der Waals surface area (Å²) in [6, 6.07) is 13.0. The van der Waals surface area contributed by atoms with Gasteiger partial charge in [-0.15, -0.1) is 0 Å². The first-order valence-electron chi connectivity index (χ1n) is 6.18. The van der Waals surface area contributed by atoms with Crippen LogP contribution in [0.5, 0.6) is 0 Å². The summed E-state index contributed by atoms with van der Waals surface area (Å²) in [5, 5.41) is 3.91. The number of benzene rings is 1. The fourth-order valence-corrected chi connectivity index (χ4v) is 1.58. The molecule has 20 heavy (non-hydrogen) atoms. The van der Waals surface area contributed by atoms with Crippen molar-refractivity contribution in [3.05, 3.63) is 59.9 Å². The Morgan fingerprint density at radius 3 is 2.55 bits per heavy atom. The molecule has 1 amide bonds. The summed E-state index contributed by atoms with van der Waals surface area (Å²) in [5.74, 6) is -0.327. The summed E-state index contributed by atoms with van der Waals surface area (Å²) < 4.78 is 0. The first-order valence-corrected chi connectivity index (χ1v) is 6.18. The van der Waals surface area contributed by atoms with Crippen molar-refractivity contribution in [2.45, 2.75) is 0 Å². The topological polar surface area (TPSA) is 57.6 Å². The Hall–Kier alpha value is -2.69. The summed E-state index contributed by atoms with van der Waals surface area (Å²) in [6.07, 6.45) is 3.17. The molecule has 1 aromatic heterocycles. The lowest BCUT2D eigenvalue weighted by Crippen LogP contribution is -2.18. The van der Waals surface area contributed by atoms with Crippen molar-refractivity contribution in [3.63, 3.8) is 0 Å². The van der Waals surface area contributed by atoms with Crippen molar-refractivity contribution >= 4 is 17.8 Å². The SMILES string of the molecule is CN(C)c1ccc(/C=N\NC(=O)c2ccccn2)cc1. The molecule has 0 saturated heterocycles. The predicted octanol–water partition coefficient (Wildman–Crippen LogP) is 1.91. The van der Waals surface area contributed by atoms with E-state index in [-0.39, 0.29) is 5.91 Å². The predicted molar refractivity (Wildman–Crippen MR) is 80.1 cm³/mol. The summed E-state index contributed by atoms with van der Waals surface area (Å²) in [7, 11) is 3.96. The van der Waals surface area contributed by atoms with Gasteiger partial charge in [0, 0.05) is 26.0 Å². The Morgan fingerprint density at radius 1 is 1.20 bits per heavy atom. The lowest BCUT2D eigenvalue weighted by atomic mass is 10.2. The number of aromatic nitrogens is 1. The first kappa shape index (κ1) is 13.7. The van der Waals surface area contributed by atoms with Gasteiger partial charge < -0.3 is 4.90 Å². The summed E-state index contributed by atoms with van der Waals surface area (Å²) >= 11 is 0. The number of anilines is 1. The van der Waals surface area contributed by atoms with Gasteiger partial charge in [-0.3, -0.25) is 9.78 Å². The standard InChI is InChI=1S/C15H16N4O/c1-19(2)13-8-6-12(7-9-13)11-17-18-15(20)14-5-3-4-10-16-14/h3-11H,1-2H3,(H,18,20)/b17-11-. The lowest BCUT2D eigenvalue weighted by Gasteiger charge is -2.11. The Morgan fingerprint density at radius 2 is 1.95 bits per heavy atom. The molecule has 0 unspecified atom stereocenters. The van der Waals surface area contributed by atoms with E-state index in [1.165, 1.54) is 0 Å². The van der Waals surface area contributed by atoms with E-state index >= 15 is 0 Å². The van der Waals surface area contributed by atoms with Crippen LogP contribution in [0.25, 0.3) is 0 Å². The number of carbonyl (C=O) groups excluding carboxylic acids is 1. The Labute approximate surface area is 118 Å². The molecule has 0 atom stereocenters. The maximum absolute atomic E-state index is 11.7. The third-order valence-corrected chi connectivity index (χ3v) is 2.69. The maximum Gasteiger partial charge on any atom is 0.289 e. The minimum absolute atomic E-state index is 0.327. The minimum Gasteiger partial charge on any atom is -0.378 e. The van der Waals surface area contributed by atoms with Gasteiger partial charge in [-0.1, -0.05) is 18.2 Å². The highest BCUT2D eigenvalue weighted by molar-refractivity contribution is 5.93. The van der Waals surface area contributed by atoms with Crippen LogP contribution in [-0.4, -0.2) is 31.2 Å². The number of hydrogen-bond donors (Lipinski definition) is 1. The summed E-state index contributed by atoms with van der Waals surface area (Å²) in [4.78, 5) is 17.6. The second-order valence-corrected chi connectivity index (χ2v) is 4.40. The highest BCUT2D eigenvalue weighted by Crippen LogP contribution is 2.10. The van der Waals surface area contributed by atoms with Gasteiger partial charge in [0.2, 0.25) is 0 Å². The summed E-state index contributed by atoms with van der Waals surface area (Å²) in [6.45, 7) is 0. The highest BCUT2D eigenvalue weighted by atomic mass is 16.2. The highest BCUT2D eigenvalue weighted by Gasteiger charge is 2.03. The van der Waals surface area contributed by atoms with Gasteiger partial charge in [-0.2, -0.15) is 5.10 Å². The zero-order valence-corrected chi connectivity index (χ0v) is 11.4. The molecule has 5 heteroatoms. The van der Waals surface area contributed by atoms with E-state index in [2.05, 4.69) is 15.5 Å². The molecule has 1 heterocycles. The molecule has 2 aromatic rings. The molecule has 0 spiro atoms. The Balaban J connectivity index is 1.95. The molecular weight excluding hydrogens is 252 g/mol. The van der Waals surface area contributed by atoms with E-state index in [0.717, 1.165) is 11.3 Å². The van der Waals surface area contributed by atoms with Crippen LogP contribution in [0, 0.1) is 0 Å². The average molecular weight is 268 g/mol. The molecule has 0 aliphatic carbocycles. The third kappa shape index (κ3) is 3.65. The van der Waals surface area contributed by atoms with Crippen LogP contribution in [0.2, 0.25) is 0 Å². The number of hydrogen-bond acceptors (Lipinski definition) is 4. The molecule has 0 radical (unpaired) electrons. The monoisotopic (exact) mass is 268 g/mol. The molecule has 1 N–H and O–H groups in total. The van der Waals surface area contributed by atoms with Crippen LogP contribution in [0.3, 0.4) is 0 Å². The minimum atomic E-state index is -0.327. The van der Waals surface area contributed by atoms with E-state index in [1.54, 1.807) is 30.6 Å². The van der Waals surface area contributed by atoms with Gasteiger partial charge in [-0.25, -0.2) is 5.43 Å². The van der Waals surface area contributed by atoms with Crippen LogP contribution in [0.1, 0.15) is 16.1 Å². The quantitative estimate of drug-likeness (QED) is 0.680. The third-order valence-electron chi connectivity index (χ3n) is 2.69. The molecular formula is C15H16N4O. The van der Waals surface area contributed by atoms with Crippen LogP contribution in [0.15, 0.2) is 53.8 Å². The van der Waals surface area contributed by atoms with Crippen molar-refractivity contribution < 1.29 is 4.79 Å². The van der Waals surface area contributed by atoms with Crippen LogP contribution >= 0.6 is 0 Å². The van der Waals surface area contributed by atoms with Crippen molar-refractivity contribution in [1.29, 1.82) is 0 Å². The fraction of sp³-hybridized carbons (Fsp3) is 0.133. The molecule has 2 rings (SSSR count). The zero-order valence-electron chi connectivity index (χ0n) is 11.4. The van der Waals surface area contributed by atoms with Crippen LogP contribution < -0.4 is 10.3 Å². The number of pyridine rings is 1. The number of carbonyl (C=O) groups is 1. The fourth-order valence-electron chi connectivity index (χ4n) is 1.58. The normalized spacial score (nSPS) is 10.5. The van der Waals surface area contributed by atoms with E-state index in [1.807, 2.05) is 43.3 Å². The van der Waals surface area contributed by atoms with Gasteiger partial charge >= 0.3 is 0 Å². The number of rotatable bonds is 4. The molecule has 0 fully saturated rings. The molecule has 0 bridgehead atoms. The van der Waals surface area contributed by atoms with Gasteiger partial charge in [0.15, 0.2) is 0 Å². The number of nitrogens with one attached hydrogen (secondary N) is 1. The summed E-state index contributed by atoms with van der Waals surface area (Å²) in [5.41, 5.74) is 4.81. The van der Waals surface area contributed by atoms with Crippen molar-refractivity contribution in [3.8, 4) is 0 Å². The molecule has 102 valence electrons. The van der Waals surface area contributed by atoms with E-state index < -0.39 is 0 Å². The average Bonchev–Trinajstić information content (AvgIpc) is 2.48. The van der Waals surface area contributed by atoms with Crippen LogP contribution in [-0.2, 0) is 0 Å². The molecule has 5 nitrogen and oxygen atoms in total. The molecule has 1 aromatic carbocycles. The largest absolute Gasteiger partial charge is 0.378 e. The molecule has 0 saturated carbocycles. The van der Waals surface area contributed by atoms with Gasteiger partial charge in [0.1, 0.15) is 5.69 Å². The van der Waals surface area contributed by atoms with Crippen LogP contribution in [0.4, 0.5) is 5.69 Å². The number of hydrazone groups is 1. The van der Waals surface area contributed by atoms with E-state index in [4.69, 9.17) is 0 Å². The maximum atomic E-state index is 11.7. The first-order chi connectivity index (χ1) is 9.66. The van der Waals surface area contributed by atoms with Gasteiger partial charge in [0.25, 0.3) is 5.91 Å². The Bertz CT molecular complexity index is 591. The second-order valence-electron chi connectivity index (χ2n) is 4.40. The zero-order chi connectivity index (χ0) is 14.4. The van der Waals surface area contributed by atoms with E-state index in [9.17, 15) is 4.79 Å². The number of amides is 1. The number of nitrogens with zero attached hydrogens (tertiary/aromatic N) is 3. The van der Waals surface area contributed by atoms with Crippen molar-refractivity contribution in [1.82, 2.24) is 10.4 Å². The lowest BCUT2D eigenvalue weighted by molar-refractivity contribution is 0.0950.